The predicted octanol–water partition coefficient (Wildman–Crippen LogP) is 12.3. The van der Waals surface area contributed by atoms with Crippen LogP contribution in [0.4, 0.5) is 5.69 Å². The van der Waals surface area contributed by atoms with Gasteiger partial charge >= 0.3 is 0 Å². The van der Waals surface area contributed by atoms with Gasteiger partial charge in [0.2, 0.25) is 0 Å². The van der Waals surface area contributed by atoms with Crippen molar-refractivity contribution in [2.75, 3.05) is 0 Å². The zero-order chi connectivity index (χ0) is 32.6. The summed E-state index contributed by atoms with van der Waals surface area (Å²) in [6.07, 6.45) is 0. The largest absolute Gasteiger partial charge is 0.309 e. The van der Waals surface area contributed by atoms with Crippen LogP contribution < -0.4 is 0 Å². The Morgan fingerprint density at radius 1 is 0.531 bits per heavy atom. The molecule has 0 atom stereocenters. The molecule has 0 amide bonds. The summed E-state index contributed by atoms with van der Waals surface area (Å²) < 4.78 is 7.05. The van der Waals surface area contributed by atoms with Gasteiger partial charge in [-0.05, 0) is 66.2 Å². The second kappa shape index (κ2) is 10.4. The van der Waals surface area contributed by atoms with Crippen LogP contribution in [0.5, 0.6) is 0 Å². The molecular weight excluding hydrogens is 617 g/mol. The number of aromatic nitrogens is 2. The van der Waals surface area contributed by atoms with E-state index in [-0.39, 0.29) is 0 Å². The Kier molecular flexibility index (Phi) is 5.84. The van der Waals surface area contributed by atoms with E-state index in [1.54, 1.807) is 0 Å². The monoisotopic (exact) mass is 640 g/mol. The summed E-state index contributed by atoms with van der Waals surface area (Å²) in [6, 6.07) is 52.9. The molecule has 3 aromatic heterocycles. The van der Waals surface area contributed by atoms with Gasteiger partial charge in [0, 0.05) is 53.0 Å². The smallest absolute Gasteiger partial charge is 0.195 e. The van der Waals surface area contributed by atoms with Gasteiger partial charge in [0.05, 0.1) is 46.0 Å². The van der Waals surface area contributed by atoms with Crippen molar-refractivity contribution >= 4 is 80.8 Å². The molecule has 0 radical (unpaired) electrons. The van der Waals surface area contributed by atoms with Gasteiger partial charge in [-0.1, -0.05) is 84.9 Å². The first kappa shape index (κ1) is 27.5. The molecule has 49 heavy (non-hydrogen) atoms. The van der Waals surface area contributed by atoms with Crippen molar-refractivity contribution in [2.45, 2.75) is 0 Å². The van der Waals surface area contributed by atoms with Crippen molar-refractivity contribution in [3.05, 3.63) is 163 Å². The zero-order valence-electron chi connectivity index (χ0n) is 26.1. The lowest BCUT2D eigenvalue weighted by Crippen LogP contribution is -2.01. The van der Waals surface area contributed by atoms with Gasteiger partial charge in [-0.15, -0.1) is 11.3 Å². The molecule has 10 aromatic rings. The van der Waals surface area contributed by atoms with E-state index in [4.69, 9.17) is 6.57 Å². The fraction of sp³-hybridized carbons (Fsp3) is 0. The third-order valence-electron chi connectivity index (χ3n) is 9.78. The Hall–Kier alpha value is -6.66. The predicted molar refractivity (Wildman–Crippen MR) is 204 cm³/mol. The number of benzene rings is 7. The number of hydrogen-bond acceptors (Lipinski definition) is 2. The van der Waals surface area contributed by atoms with E-state index in [2.05, 4.69) is 129 Å². The topological polar surface area (TPSA) is 38.0 Å². The fourth-order valence-corrected chi connectivity index (χ4v) is 8.83. The molecule has 0 fully saturated rings. The molecule has 0 aliphatic heterocycles. The molecule has 0 spiro atoms. The summed E-state index contributed by atoms with van der Waals surface area (Å²) in [5, 5.41) is 17.7. The van der Waals surface area contributed by atoms with E-state index >= 15 is 0 Å². The molecular formula is C44H24N4S. The van der Waals surface area contributed by atoms with Crippen LogP contribution in [-0.4, -0.2) is 9.13 Å². The maximum Gasteiger partial charge on any atom is 0.195 e. The lowest BCUT2D eigenvalue weighted by molar-refractivity contribution is 1.17. The van der Waals surface area contributed by atoms with Gasteiger partial charge in [0.1, 0.15) is 0 Å². The minimum Gasteiger partial charge on any atom is -0.309 e. The average Bonchev–Trinajstić information content (AvgIpc) is 3.80. The van der Waals surface area contributed by atoms with Gasteiger partial charge in [-0.25, -0.2) is 4.85 Å². The maximum absolute atomic E-state index is 10.5. The van der Waals surface area contributed by atoms with E-state index in [1.165, 1.54) is 30.9 Å². The molecule has 7 aromatic carbocycles. The maximum atomic E-state index is 10.5. The minimum absolute atomic E-state index is 0.501. The summed E-state index contributed by atoms with van der Waals surface area (Å²) in [6.45, 7) is 8.25. The van der Waals surface area contributed by atoms with Crippen LogP contribution in [0, 0.1) is 17.9 Å². The second-order valence-corrected chi connectivity index (χ2v) is 13.4. The van der Waals surface area contributed by atoms with Gasteiger partial charge < -0.3 is 9.13 Å². The molecule has 10 rings (SSSR count). The molecule has 3 heterocycles. The summed E-state index contributed by atoms with van der Waals surface area (Å²) in [7, 11) is 0. The van der Waals surface area contributed by atoms with Crippen LogP contribution in [0.15, 0.2) is 146 Å². The van der Waals surface area contributed by atoms with E-state index in [9.17, 15) is 5.26 Å². The van der Waals surface area contributed by atoms with Crippen molar-refractivity contribution in [1.29, 1.82) is 5.26 Å². The van der Waals surface area contributed by atoms with E-state index in [1.807, 2.05) is 47.7 Å². The van der Waals surface area contributed by atoms with Crippen molar-refractivity contribution < 1.29 is 0 Å². The summed E-state index contributed by atoms with van der Waals surface area (Å²) >= 11 is 1.81. The van der Waals surface area contributed by atoms with E-state index in [0.717, 1.165) is 55.3 Å². The number of hydrogen-bond donors (Lipinski definition) is 0. The molecule has 0 N–H and O–H groups in total. The molecule has 0 aliphatic rings. The van der Waals surface area contributed by atoms with E-state index in [0.29, 0.717) is 11.3 Å². The van der Waals surface area contributed by atoms with Crippen LogP contribution >= 0.6 is 11.3 Å². The Labute approximate surface area is 285 Å². The third-order valence-corrected chi connectivity index (χ3v) is 10.9. The number of rotatable bonds is 3. The van der Waals surface area contributed by atoms with E-state index < -0.39 is 0 Å². The number of thiophene rings is 1. The van der Waals surface area contributed by atoms with Crippen LogP contribution in [0.1, 0.15) is 5.56 Å². The Morgan fingerprint density at radius 2 is 1.16 bits per heavy atom. The number of para-hydroxylation sites is 3. The number of fused-ring (bicyclic) bond motifs is 9. The van der Waals surface area contributed by atoms with Crippen molar-refractivity contribution in [3.8, 4) is 28.6 Å². The third kappa shape index (κ3) is 3.88. The van der Waals surface area contributed by atoms with Crippen molar-refractivity contribution in [1.82, 2.24) is 9.13 Å². The van der Waals surface area contributed by atoms with Crippen molar-refractivity contribution in [2.24, 2.45) is 0 Å². The highest BCUT2D eigenvalue weighted by molar-refractivity contribution is 7.25. The van der Waals surface area contributed by atoms with Gasteiger partial charge in [-0.3, -0.25) is 0 Å². The van der Waals surface area contributed by atoms with Crippen LogP contribution in [0.2, 0.25) is 0 Å². The van der Waals surface area contributed by atoms with Crippen LogP contribution in [0.3, 0.4) is 0 Å². The Morgan fingerprint density at radius 3 is 1.86 bits per heavy atom. The number of nitrogens with zero attached hydrogens (tertiary/aromatic N) is 4. The molecule has 0 unspecified atom stereocenters. The highest BCUT2D eigenvalue weighted by atomic mass is 32.1. The molecule has 0 aliphatic carbocycles. The second-order valence-electron chi connectivity index (χ2n) is 12.3. The SMILES string of the molecule is [C-]#[N+]c1ccc(-n2c3ccccc3c3cc4c(cc32)sc2ccccc24)cc1-c1c(C#N)cccc1-n1c2ccccc2c2ccccc21. The summed E-state index contributed by atoms with van der Waals surface area (Å²) in [4.78, 5) is 4.01. The zero-order valence-corrected chi connectivity index (χ0v) is 26.9. The Balaban J connectivity index is 1.29. The molecule has 0 saturated heterocycles. The van der Waals surface area contributed by atoms with Gasteiger partial charge in [0.25, 0.3) is 0 Å². The quantitative estimate of drug-likeness (QED) is 0.177. The molecule has 5 heteroatoms. The molecule has 4 nitrogen and oxygen atoms in total. The average molecular weight is 641 g/mol. The van der Waals surface area contributed by atoms with Crippen molar-refractivity contribution in [3.63, 3.8) is 0 Å². The standard InChI is InChI=1S/C44H24N4S/c1-46-36-22-21-28(47-37-16-6-4-14-31(37)33-24-34-32-15-5-9-20-42(32)49-43(34)25-41(33)47)23-35(36)44-27(26-45)11-10-19-40(44)48-38-17-7-2-12-29(38)30-13-3-8-18-39(30)48/h2-25H. The molecule has 0 saturated carbocycles. The fourth-order valence-electron chi connectivity index (χ4n) is 7.71. The first-order chi connectivity index (χ1) is 24.2. The summed E-state index contributed by atoms with van der Waals surface area (Å²) in [5.41, 5.74) is 8.62. The normalized spacial score (nSPS) is 11.6. The van der Waals surface area contributed by atoms with Crippen LogP contribution in [0.25, 0.3) is 91.1 Å². The van der Waals surface area contributed by atoms with Gasteiger partial charge in [0.15, 0.2) is 5.69 Å². The minimum atomic E-state index is 0.501. The lowest BCUT2D eigenvalue weighted by atomic mass is 9.95. The highest BCUT2D eigenvalue weighted by Gasteiger charge is 2.22. The molecule has 0 bridgehead atoms. The highest BCUT2D eigenvalue weighted by Crippen LogP contribution is 2.44. The number of nitriles is 1. The van der Waals surface area contributed by atoms with Crippen LogP contribution in [-0.2, 0) is 0 Å². The van der Waals surface area contributed by atoms with Gasteiger partial charge in [-0.2, -0.15) is 5.26 Å². The summed E-state index contributed by atoms with van der Waals surface area (Å²) in [5.74, 6) is 0. The first-order valence-electron chi connectivity index (χ1n) is 16.1. The first-order valence-corrected chi connectivity index (χ1v) is 16.9. The lowest BCUT2D eigenvalue weighted by Gasteiger charge is -2.18. The Bertz CT molecular complexity index is 3030. The molecule has 226 valence electrons.